The van der Waals surface area contributed by atoms with E-state index in [0.717, 1.165) is 12.8 Å². The minimum atomic E-state index is 0.0826. The molecule has 1 saturated carbocycles. The molecular formula is C13H18N2O. The van der Waals surface area contributed by atoms with E-state index in [0.29, 0.717) is 17.3 Å². The predicted molar refractivity (Wildman–Crippen MR) is 65.2 cm³/mol. The molecule has 1 aliphatic carbocycles. The molecule has 0 saturated heterocycles. The number of nitrogens with zero attached hydrogens (tertiary/aromatic N) is 1. The van der Waals surface area contributed by atoms with Crippen LogP contribution in [0.1, 0.15) is 36.0 Å². The molecule has 2 rings (SSSR count). The van der Waals surface area contributed by atoms with Crippen molar-refractivity contribution in [1.29, 1.82) is 0 Å². The molecule has 2 N–H and O–H groups in total. The maximum absolute atomic E-state index is 12.2. The van der Waals surface area contributed by atoms with Gasteiger partial charge in [-0.2, -0.15) is 0 Å². The fourth-order valence-electron chi connectivity index (χ4n) is 2.33. The Balaban J connectivity index is 2.12. The van der Waals surface area contributed by atoms with Crippen LogP contribution >= 0.6 is 0 Å². The quantitative estimate of drug-likeness (QED) is 0.774. The number of benzene rings is 1. The maximum Gasteiger partial charge on any atom is 0.253 e. The minimum absolute atomic E-state index is 0.0826. The van der Waals surface area contributed by atoms with Gasteiger partial charge in [0.25, 0.3) is 5.91 Å². The fourth-order valence-corrected chi connectivity index (χ4v) is 2.33. The lowest BCUT2D eigenvalue weighted by Crippen LogP contribution is -2.35. The van der Waals surface area contributed by atoms with E-state index in [1.807, 2.05) is 24.1 Å². The van der Waals surface area contributed by atoms with Crippen LogP contribution in [0.4, 0.5) is 5.69 Å². The molecule has 0 spiro atoms. The summed E-state index contributed by atoms with van der Waals surface area (Å²) < 4.78 is 0. The summed E-state index contributed by atoms with van der Waals surface area (Å²) in [5.41, 5.74) is 7.01. The number of hydrogen-bond donors (Lipinski definition) is 1. The van der Waals surface area contributed by atoms with Crippen LogP contribution in [0.2, 0.25) is 0 Å². The highest BCUT2D eigenvalue weighted by atomic mass is 16.2. The lowest BCUT2D eigenvalue weighted by atomic mass is 10.1. The zero-order chi connectivity index (χ0) is 11.5. The highest BCUT2D eigenvalue weighted by Gasteiger charge is 2.23. The number of carbonyl (C=O) groups is 1. The Morgan fingerprint density at radius 2 is 2.06 bits per heavy atom. The maximum atomic E-state index is 12.2. The molecule has 0 aromatic heterocycles. The van der Waals surface area contributed by atoms with Crippen LogP contribution < -0.4 is 5.73 Å². The van der Waals surface area contributed by atoms with E-state index in [1.54, 1.807) is 12.1 Å². The first-order valence-electron chi connectivity index (χ1n) is 5.81. The van der Waals surface area contributed by atoms with Gasteiger partial charge in [-0.1, -0.05) is 18.9 Å². The lowest BCUT2D eigenvalue weighted by molar-refractivity contribution is 0.0735. The summed E-state index contributed by atoms with van der Waals surface area (Å²) in [6, 6.07) is 7.60. The van der Waals surface area contributed by atoms with Crippen molar-refractivity contribution < 1.29 is 4.79 Å². The summed E-state index contributed by atoms with van der Waals surface area (Å²) in [6.07, 6.45) is 4.73. The smallest absolute Gasteiger partial charge is 0.253 e. The number of rotatable bonds is 2. The van der Waals surface area contributed by atoms with Crippen LogP contribution in [0.25, 0.3) is 0 Å². The van der Waals surface area contributed by atoms with Crippen LogP contribution in [-0.2, 0) is 0 Å². The van der Waals surface area contributed by atoms with E-state index >= 15 is 0 Å². The summed E-state index contributed by atoms with van der Waals surface area (Å²) in [5.74, 6) is 0.0826. The van der Waals surface area contributed by atoms with Crippen molar-refractivity contribution in [2.24, 2.45) is 0 Å². The molecule has 0 aliphatic heterocycles. The van der Waals surface area contributed by atoms with E-state index in [2.05, 4.69) is 0 Å². The molecule has 0 bridgehead atoms. The van der Waals surface area contributed by atoms with Gasteiger partial charge in [0, 0.05) is 24.3 Å². The zero-order valence-corrected chi connectivity index (χ0v) is 9.65. The van der Waals surface area contributed by atoms with Gasteiger partial charge < -0.3 is 10.6 Å². The fraction of sp³-hybridized carbons (Fsp3) is 0.462. The van der Waals surface area contributed by atoms with Gasteiger partial charge in [-0.3, -0.25) is 4.79 Å². The van der Waals surface area contributed by atoms with E-state index in [1.165, 1.54) is 12.8 Å². The van der Waals surface area contributed by atoms with Gasteiger partial charge >= 0.3 is 0 Å². The third kappa shape index (κ3) is 2.18. The third-order valence-corrected chi connectivity index (χ3v) is 3.33. The molecule has 3 nitrogen and oxygen atoms in total. The minimum Gasteiger partial charge on any atom is -0.399 e. The molecule has 1 aromatic carbocycles. The molecular weight excluding hydrogens is 200 g/mol. The Labute approximate surface area is 96.2 Å². The summed E-state index contributed by atoms with van der Waals surface area (Å²) in [7, 11) is 1.89. The van der Waals surface area contributed by atoms with Crippen molar-refractivity contribution in [2.45, 2.75) is 31.7 Å². The number of amides is 1. The zero-order valence-electron chi connectivity index (χ0n) is 9.65. The molecule has 0 unspecified atom stereocenters. The van der Waals surface area contributed by atoms with Crippen LogP contribution in [0.15, 0.2) is 24.3 Å². The average Bonchev–Trinajstić information content (AvgIpc) is 2.80. The first-order valence-corrected chi connectivity index (χ1v) is 5.81. The summed E-state index contributed by atoms with van der Waals surface area (Å²) in [4.78, 5) is 14.0. The van der Waals surface area contributed by atoms with E-state index in [-0.39, 0.29) is 5.91 Å². The SMILES string of the molecule is CN(C(=O)c1cccc(N)c1)C1CCCC1. The van der Waals surface area contributed by atoms with Crippen LogP contribution in [0, 0.1) is 0 Å². The highest BCUT2D eigenvalue weighted by Crippen LogP contribution is 2.23. The summed E-state index contributed by atoms with van der Waals surface area (Å²) >= 11 is 0. The first kappa shape index (κ1) is 11.0. The third-order valence-electron chi connectivity index (χ3n) is 3.33. The number of hydrogen-bond acceptors (Lipinski definition) is 2. The van der Waals surface area contributed by atoms with Crippen molar-refractivity contribution in [3.8, 4) is 0 Å². The molecule has 0 radical (unpaired) electrons. The largest absolute Gasteiger partial charge is 0.399 e. The van der Waals surface area contributed by atoms with Crippen molar-refractivity contribution in [3.63, 3.8) is 0 Å². The molecule has 1 fully saturated rings. The number of nitrogens with two attached hydrogens (primary N) is 1. The Morgan fingerprint density at radius 1 is 1.38 bits per heavy atom. The van der Waals surface area contributed by atoms with Gasteiger partial charge in [0.1, 0.15) is 0 Å². The Morgan fingerprint density at radius 3 is 2.69 bits per heavy atom. The number of nitrogen functional groups attached to an aromatic ring is 1. The Kier molecular flexibility index (Phi) is 3.13. The number of anilines is 1. The van der Waals surface area contributed by atoms with Crippen molar-refractivity contribution in [3.05, 3.63) is 29.8 Å². The highest BCUT2D eigenvalue weighted by molar-refractivity contribution is 5.95. The lowest BCUT2D eigenvalue weighted by Gasteiger charge is -2.24. The molecule has 0 heterocycles. The summed E-state index contributed by atoms with van der Waals surface area (Å²) in [5, 5.41) is 0. The molecule has 86 valence electrons. The molecule has 0 atom stereocenters. The van der Waals surface area contributed by atoms with E-state index < -0.39 is 0 Å². The Bertz CT molecular complexity index is 383. The van der Waals surface area contributed by atoms with Crippen molar-refractivity contribution in [2.75, 3.05) is 12.8 Å². The average molecular weight is 218 g/mol. The van der Waals surface area contributed by atoms with Crippen LogP contribution in [0.5, 0.6) is 0 Å². The van der Waals surface area contributed by atoms with Crippen LogP contribution in [0.3, 0.4) is 0 Å². The standard InChI is InChI=1S/C13H18N2O/c1-15(12-7-2-3-8-12)13(16)10-5-4-6-11(14)9-10/h4-6,9,12H,2-3,7-8,14H2,1H3. The van der Waals surface area contributed by atoms with E-state index in [9.17, 15) is 4.79 Å². The molecule has 16 heavy (non-hydrogen) atoms. The monoisotopic (exact) mass is 218 g/mol. The van der Waals surface area contributed by atoms with Gasteiger partial charge in [-0.05, 0) is 31.0 Å². The first-order chi connectivity index (χ1) is 7.68. The van der Waals surface area contributed by atoms with Gasteiger partial charge in [0.2, 0.25) is 0 Å². The van der Waals surface area contributed by atoms with Crippen molar-refractivity contribution >= 4 is 11.6 Å². The second kappa shape index (κ2) is 4.56. The predicted octanol–water partition coefficient (Wildman–Crippen LogP) is 2.28. The second-order valence-corrected chi connectivity index (χ2v) is 4.48. The normalized spacial score (nSPS) is 16.3. The molecule has 1 amide bonds. The number of carbonyl (C=O) groups excluding carboxylic acids is 1. The van der Waals surface area contributed by atoms with Crippen molar-refractivity contribution in [1.82, 2.24) is 4.90 Å². The summed E-state index contributed by atoms with van der Waals surface area (Å²) in [6.45, 7) is 0. The molecule has 1 aliphatic rings. The van der Waals surface area contributed by atoms with Gasteiger partial charge in [0.15, 0.2) is 0 Å². The van der Waals surface area contributed by atoms with Gasteiger partial charge in [-0.25, -0.2) is 0 Å². The second-order valence-electron chi connectivity index (χ2n) is 4.48. The molecule has 1 aromatic rings. The van der Waals surface area contributed by atoms with Gasteiger partial charge in [-0.15, -0.1) is 0 Å². The van der Waals surface area contributed by atoms with E-state index in [4.69, 9.17) is 5.73 Å². The van der Waals surface area contributed by atoms with Gasteiger partial charge in [0.05, 0.1) is 0 Å². The Hall–Kier alpha value is -1.51. The topological polar surface area (TPSA) is 46.3 Å². The van der Waals surface area contributed by atoms with Crippen LogP contribution in [-0.4, -0.2) is 23.9 Å². The molecule has 3 heteroatoms.